The van der Waals surface area contributed by atoms with Crippen LogP contribution in [0.15, 0.2) is 18.2 Å². The van der Waals surface area contributed by atoms with Crippen LogP contribution in [0.4, 0.5) is 4.39 Å². The van der Waals surface area contributed by atoms with E-state index in [9.17, 15) is 9.50 Å². The Kier molecular flexibility index (Phi) is 4.67. The van der Waals surface area contributed by atoms with Crippen molar-refractivity contribution in [2.75, 3.05) is 19.8 Å². The molecule has 1 aromatic rings. The molecule has 0 aliphatic carbocycles. The molecule has 2 aliphatic heterocycles. The smallest absolute Gasteiger partial charge is 0.127 e. The molecular weight excluding hydrogens is 295 g/mol. The summed E-state index contributed by atoms with van der Waals surface area (Å²) in [5, 5.41) is 19.7. The van der Waals surface area contributed by atoms with Gasteiger partial charge in [-0.1, -0.05) is 0 Å². The average Bonchev–Trinajstić information content (AvgIpc) is 2.97. The lowest BCUT2D eigenvalue weighted by molar-refractivity contribution is -0.123. The van der Waals surface area contributed by atoms with Crippen molar-refractivity contribution in [1.29, 1.82) is 5.26 Å². The summed E-state index contributed by atoms with van der Waals surface area (Å²) in [6, 6.07) is 6.74. The van der Waals surface area contributed by atoms with Gasteiger partial charge in [0.05, 0.1) is 23.8 Å². The maximum atomic E-state index is 14.1. The molecule has 2 aliphatic rings. The molecule has 2 fully saturated rings. The van der Waals surface area contributed by atoms with E-state index in [4.69, 9.17) is 10.00 Å². The van der Waals surface area contributed by atoms with Crippen molar-refractivity contribution in [3.05, 3.63) is 35.1 Å². The fourth-order valence-electron chi connectivity index (χ4n) is 3.87. The van der Waals surface area contributed by atoms with E-state index in [-0.39, 0.29) is 17.8 Å². The summed E-state index contributed by atoms with van der Waals surface area (Å²) in [5.74, 6) is -0.234. The van der Waals surface area contributed by atoms with Crippen LogP contribution in [-0.2, 0) is 11.3 Å². The van der Waals surface area contributed by atoms with Crippen LogP contribution in [0.1, 0.15) is 37.3 Å². The Labute approximate surface area is 136 Å². The van der Waals surface area contributed by atoms with Gasteiger partial charge < -0.3 is 9.84 Å². The number of likely N-dealkylation sites (tertiary alicyclic amines) is 1. The summed E-state index contributed by atoms with van der Waals surface area (Å²) in [5.41, 5.74) is 0.288. The molecule has 124 valence electrons. The van der Waals surface area contributed by atoms with Gasteiger partial charge in [0.1, 0.15) is 5.82 Å². The predicted octanol–water partition coefficient (Wildman–Crippen LogP) is 2.45. The van der Waals surface area contributed by atoms with Crippen LogP contribution >= 0.6 is 0 Å². The second-order valence-electron chi connectivity index (χ2n) is 6.89. The minimum Gasteiger partial charge on any atom is -0.390 e. The molecule has 2 saturated heterocycles. The molecule has 0 bridgehead atoms. The number of halogens is 1. The molecule has 3 atom stereocenters. The largest absolute Gasteiger partial charge is 0.390 e. The number of rotatable bonds is 3. The second-order valence-corrected chi connectivity index (χ2v) is 6.89. The van der Waals surface area contributed by atoms with E-state index in [1.807, 2.05) is 6.92 Å². The van der Waals surface area contributed by atoms with Gasteiger partial charge in [0.2, 0.25) is 0 Å². The lowest BCUT2D eigenvalue weighted by atomic mass is 9.79. The van der Waals surface area contributed by atoms with Gasteiger partial charge >= 0.3 is 0 Å². The van der Waals surface area contributed by atoms with Crippen molar-refractivity contribution in [1.82, 2.24) is 4.90 Å². The van der Waals surface area contributed by atoms with Crippen LogP contribution in [0.5, 0.6) is 0 Å². The first-order chi connectivity index (χ1) is 11.0. The summed E-state index contributed by atoms with van der Waals surface area (Å²) in [4.78, 5) is 2.23. The highest BCUT2D eigenvalue weighted by Gasteiger charge is 2.44. The number of hydrogen-bond donors (Lipinski definition) is 1. The zero-order valence-corrected chi connectivity index (χ0v) is 13.5. The third-order valence-electron chi connectivity index (χ3n) is 5.28. The lowest BCUT2D eigenvalue weighted by Gasteiger charge is -2.43. The maximum absolute atomic E-state index is 14.1. The minimum atomic E-state index is -0.738. The molecule has 3 rings (SSSR count). The molecule has 0 saturated carbocycles. The van der Waals surface area contributed by atoms with Gasteiger partial charge in [-0.05, 0) is 50.9 Å². The SMILES string of the molecule is CC1(O)CCOCC1C1CCCN1Cc1cc(C#N)ccc1F. The van der Waals surface area contributed by atoms with E-state index >= 15 is 0 Å². The van der Waals surface area contributed by atoms with Crippen LogP contribution in [0.3, 0.4) is 0 Å². The van der Waals surface area contributed by atoms with Crippen LogP contribution in [-0.4, -0.2) is 41.4 Å². The Morgan fingerprint density at radius 1 is 1.52 bits per heavy atom. The van der Waals surface area contributed by atoms with Gasteiger partial charge in [-0.25, -0.2) is 4.39 Å². The van der Waals surface area contributed by atoms with Gasteiger partial charge in [-0.15, -0.1) is 0 Å². The van der Waals surface area contributed by atoms with E-state index in [0.29, 0.717) is 37.3 Å². The molecule has 5 heteroatoms. The van der Waals surface area contributed by atoms with Gasteiger partial charge in [0, 0.05) is 30.7 Å². The van der Waals surface area contributed by atoms with E-state index in [1.165, 1.54) is 12.1 Å². The highest BCUT2D eigenvalue weighted by atomic mass is 19.1. The van der Waals surface area contributed by atoms with E-state index in [1.54, 1.807) is 6.07 Å². The van der Waals surface area contributed by atoms with Gasteiger partial charge in [0.15, 0.2) is 0 Å². The summed E-state index contributed by atoms with van der Waals surface area (Å²) >= 11 is 0. The first kappa shape index (κ1) is 16.4. The second kappa shape index (κ2) is 6.56. The van der Waals surface area contributed by atoms with Crippen LogP contribution in [0.2, 0.25) is 0 Å². The Bertz CT molecular complexity index is 612. The molecule has 23 heavy (non-hydrogen) atoms. The molecule has 1 N–H and O–H groups in total. The van der Waals surface area contributed by atoms with E-state index < -0.39 is 5.60 Å². The minimum absolute atomic E-state index is 0.0426. The van der Waals surface area contributed by atoms with Crippen molar-refractivity contribution >= 4 is 0 Å². The number of nitrogens with zero attached hydrogens (tertiary/aromatic N) is 2. The van der Waals surface area contributed by atoms with Gasteiger partial charge in [-0.3, -0.25) is 4.90 Å². The number of nitriles is 1. The molecule has 3 unspecified atom stereocenters. The molecular formula is C18H23FN2O2. The highest BCUT2D eigenvalue weighted by Crippen LogP contribution is 2.36. The zero-order valence-electron chi connectivity index (χ0n) is 13.5. The molecule has 0 spiro atoms. The van der Waals surface area contributed by atoms with Crippen molar-refractivity contribution < 1.29 is 14.2 Å². The monoisotopic (exact) mass is 318 g/mol. The van der Waals surface area contributed by atoms with Gasteiger partial charge in [-0.2, -0.15) is 5.26 Å². The summed E-state index contributed by atoms with van der Waals surface area (Å²) in [7, 11) is 0. The normalized spacial score (nSPS) is 31.9. The molecule has 0 amide bonds. The molecule has 0 aromatic heterocycles. The van der Waals surface area contributed by atoms with E-state index in [2.05, 4.69) is 11.0 Å². The molecule has 0 radical (unpaired) electrons. The first-order valence-corrected chi connectivity index (χ1v) is 8.24. The Morgan fingerprint density at radius 3 is 3.09 bits per heavy atom. The Hall–Kier alpha value is -1.48. The molecule has 4 nitrogen and oxygen atoms in total. The summed E-state index contributed by atoms with van der Waals surface area (Å²) in [6.07, 6.45) is 2.67. The summed E-state index contributed by atoms with van der Waals surface area (Å²) < 4.78 is 19.7. The Balaban J connectivity index is 1.78. The molecule has 2 heterocycles. The highest BCUT2D eigenvalue weighted by molar-refractivity contribution is 5.33. The van der Waals surface area contributed by atoms with Crippen molar-refractivity contribution in [3.8, 4) is 6.07 Å². The van der Waals surface area contributed by atoms with Crippen molar-refractivity contribution in [2.45, 2.75) is 44.4 Å². The third-order valence-corrected chi connectivity index (χ3v) is 5.28. The van der Waals surface area contributed by atoms with Gasteiger partial charge in [0.25, 0.3) is 0 Å². The maximum Gasteiger partial charge on any atom is 0.127 e. The first-order valence-electron chi connectivity index (χ1n) is 8.24. The average molecular weight is 318 g/mol. The van der Waals surface area contributed by atoms with Crippen LogP contribution in [0, 0.1) is 23.1 Å². The zero-order chi connectivity index (χ0) is 16.4. The van der Waals surface area contributed by atoms with Crippen molar-refractivity contribution in [3.63, 3.8) is 0 Å². The third kappa shape index (κ3) is 3.40. The number of aliphatic hydroxyl groups is 1. The lowest BCUT2D eigenvalue weighted by Crippen LogP contribution is -2.52. The van der Waals surface area contributed by atoms with E-state index in [0.717, 1.165) is 19.4 Å². The topological polar surface area (TPSA) is 56.5 Å². The predicted molar refractivity (Wildman–Crippen MR) is 84.1 cm³/mol. The number of ether oxygens (including phenoxy) is 1. The summed E-state index contributed by atoms with van der Waals surface area (Å²) in [6.45, 7) is 4.38. The standard InChI is InChI=1S/C18H23FN2O2/c1-18(22)6-8-23-12-15(18)17-3-2-7-21(17)11-14-9-13(10-20)4-5-16(14)19/h4-5,9,15,17,22H,2-3,6-8,11-12H2,1H3. The number of hydrogen-bond acceptors (Lipinski definition) is 4. The molecule has 1 aromatic carbocycles. The van der Waals surface area contributed by atoms with Crippen LogP contribution in [0.25, 0.3) is 0 Å². The van der Waals surface area contributed by atoms with Crippen LogP contribution < -0.4 is 0 Å². The number of benzene rings is 1. The fraction of sp³-hybridized carbons (Fsp3) is 0.611. The fourth-order valence-corrected chi connectivity index (χ4v) is 3.87. The van der Waals surface area contributed by atoms with Crippen molar-refractivity contribution in [2.24, 2.45) is 5.92 Å². The quantitative estimate of drug-likeness (QED) is 0.930. The Morgan fingerprint density at radius 2 is 2.35 bits per heavy atom.